The lowest BCUT2D eigenvalue weighted by Gasteiger charge is -2.18. The van der Waals surface area contributed by atoms with Gasteiger partial charge in [0.05, 0.1) is 22.8 Å². The van der Waals surface area contributed by atoms with E-state index in [9.17, 15) is 13.2 Å². The summed E-state index contributed by atoms with van der Waals surface area (Å²) in [5.74, 6) is 0. The van der Waals surface area contributed by atoms with Crippen LogP contribution in [0.3, 0.4) is 0 Å². The zero-order chi connectivity index (χ0) is 19.4. The maximum atomic E-state index is 12.7. The van der Waals surface area contributed by atoms with Gasteiger partial charge in [0.15, 0.2) is 0 Å². The monoisotopic (exact) mass is 404 g/mol. The lowest BCUT2D eigenvalue weighted by molar-refractivity contribution is 0.444. The minimum absolute atomic E-state index is 0.103. The van der Waals surface area contributed by atoms with Crippen molar-refractivity contribution in [1.29, 1.82) is 0 Å². The van der Waals surface area contributed by atoms with Crippen molar-refractivity contribution in [2.75, 3.05) is 13.1 Å². The van der Waals surface area contributed by atoms with Crippen molar-refractivity contribution in [3.63, 3.8) is 0 Å². The molecular formula is C18H20N4O3S2. The van der Waals surface area contributed by atoms with Crippen LogP contribution in [0.25, 0.3) is 10.7 Å². The van der Waals surface area contributed by atoms with Gasteiger partial charge in [-0.15, -0.1) is 11.3 Å². The fourth-order valence-corrected chi connectivity index (χ4v) is 4.92. The molecule has 0 bridgehead atoms. The van der Waals surface area contributed by atoms with E-state index in [-0.39, 0.29) is 17.0 Å². The molecule has 142 valence electrons. The minimum Gasteiger partial charge on any atom is -0.308 e. The molecule has 0 unspecified atom stereocenters. The van der Waals surface area contributed by atoms with E-state index in [0.29, 0.717) is 18.8 Å². The molecule has 0 aromatic carbocycles. The molecule has 0 aliphatic carbocycles. The van der Waals surface area contributed by atoms with Crippen LogP contribution in [0.2, 0.25) is 0 Å². The molecule has 0 radical (unpaired) electrons. The van der Waals surface area contributed by atoms with Crippen LogP contribution in [-0.4, -0.2) is 40.3 Å². The van der Waals surface area contributed by atoms with E-state index in [2.05, 4.69) is 9.97 Å². The lowest BCUT2D eigenvalue weighted by Crippen LogP contribution is -2.32. The summed E-state index contributed by atoms with van der Waals surface area (Å²) in [6, 6.07) is 8.22. The van der Waals surface area contributed by atoms with Gasteiger partial charge < -0.3 is 4.57 Å². The first-order valence-corrected chi connectivity index (χ1v) is 10.8. The second kappa shape index (κ2) is 8.12. The molecule has 27 heavy (non-hydrogen) atoms. The summed E-state index contributed by atoms with van der Waals surface area (Å²) >= 11 is 1.43. The van der Waals surface area contributed by atoms with Gasteiger partial charge in [0.25, 0.3) is 5.56 Å². The van der Waals surface area contributed by atoms with E-state index >= 15 is 0 Å². The Labute approximate surface area is 162 Å². The Morgan fingerprint density at radius 3 is 2.59 bits per heavy atom. The molecule has 0 N–H and O–H groups in total. The van der Waals surface area contributed by atoms with E-state index in [1.54, 1.807) is 20.0 Å². The zero-order valence-electron chi connectivity index (χ0n) is 15.1. The van der Waals surface area contributed by atoms with Gasteiger partial charge in [-0.3, -0.25) is 9.78 Å². The van der Waals surface area contributed by atoms with Crippen LogP contribution in [-0.2, 0) is 16.6 Å². The average Bonchev–Trinajstić information content (AvgIpc) is 3.13. The quantitative estimate of drug-likeness (QED) is 0.604. The highest BCUT2D eigenvalue weighted by atomic mass is 32.2. The molecule has 0 aliphatic rings. The summed E-state index contributed by atoms with van der Waals surface area (Å²) in [6.07, 6.45) is 3.08. The maximum Gasteiger partial charge on any atom is 0.250 e. The molecule has 0 atom stereocenters. The van der Waals surface area contributed by atoms with Gasteiger partial charge in [0, 0.05) is 36.9 Å². The van der Waals surface area contributed by atoms with E-state index in [0.717, 1.165) is 10.7 Å². The standard InChI is InChI=1S/C18H20N4O3S2/c1-3-22(4-2)27(24,25)15-8-9-17(23)21(12-15)11-14-13-26-18(20-14)16-7-5-6-10-19-16/h5-10,12-13H,3-4,11H2,1-2H3. The highest BCUT2D eigenvalue weighted by Gasteiger charge is 2.22. The van der Waals surface area contributed by atoms with Crippen LogP contribution in [0.1, 0.15) is 19.5 Å². The molecular weight excluding hydrogens is 384 g/mol. The smallest absolute Gasteiger partial charge is 0.250 e. The Morgan fingerprint density at radius 1 is 1.15 bits per heavy atom. The van der Waals surface area contributed by atoms with Crippen LogP contribution in [0.5, 0.6) is 0 Å². The fraction of sp³-hybridized carbons (Fsp3) is 0.278. The second-order valence-electron chi connectivity index (χ2n) is 5.78. The third kappa shape index (κ3) is 4.15. The van der Waals surface area contributed by atoms with Gasteiger partial charge in [-0.25, -0.2) is 13.4 Å². The zero-order valence-corrected chi connectivity index (χ0v) is 16.7. The summed E-state index contributed by atoms with van der Waals surface area (Å²) in [5.41, 5.74) is 1.17. The molecule has 3 aromatic rings. The molecule has 0 spiro atoms. The van der Waals surface area contributed by atoms with Gasteiger partial charge in [-0.1, -0.05) is 19.9 Å². The topological polar surface area (TPSA) is 85.2 Å². The number of aromatic nitrogens is 3. The third-order valence-electron chi connectivity index (χ3n) is 4.07. The first kappa shape index (κ1) is 19.4. The number of hydrogen-bond donors (Lipinski definition) is 0. The molecule has 0 fully saturated rings. The average molecular weight is 405 g/mol. The minimum atomic E-state index is -3.62. The largest absolute Gasteiger partial charge is 0.308 e. The Bertz CT molecular complexity index is 1070. The fourth-order valence-electron chi connectivity index (χ4n) is 2.66. The maximum absolute atomic E-state index is 12.7. The first-order chi connectivity index (χ1) is 13.0. The SMILES string of the molecule is CCN(CC)S(=O)(=O)c1ccc(=O)n(Cc2csc(-c3ccccn3)n2)c1. The molecule has 0 amide bonds. The third-order valence-corrected chi connectivity index (χ3v) is 7.01. The van der Waals surface area contributed by atoms with Crippen molar-refractivity contribution in [1.82, 2.24) is 18.8 Å². The number of hydrogen-bond acceptors (Lipinski definition) is 6. The molecule has 9 heteroatoms. The van der Waals surface area contributed by atoms with Crippen molar-refractivity contribution >= 4 is 21.4 Å². The van der Waals surface area contributed by atoms with E-state index in [1.165, 1.54) is 38.5 Å². The summed E-state index contributed by atoms with van der Waals surface area (Å²) in [6.45, 7) is 4.51. The van der Waals surface area contributed by atoms with E-state index in [4.69, 9.17) is 0 Å². The van der Waals surface area contributed by atoms with Gasteiger partial charge in [0.1, 0.15) is 5.01 Å². The van der Waals surface area contributed by atoms with Crippen LogP contribution in [0.15, 0.2) is 57.8 Å². The van der Waals surface area contributed by atoms with Gasteiger partial charge in [-0.05, 0) is 18.2 Å². The predicted octanol–water partition coefficient (Wildman–Crippen LogP) is 2.45. The number of nitrogens with zero attached hydrogens (tertiary/aromatic N) is 4. The van der Waals surface area contributed by atoms with Crippen molar-refractivity contribution in [3.05, 3.63) is 64.2 Å². The van der Waals surface area contributed by atoms with Crippen LogP contribution in [0, 0.1) is 0 Å². The molecule has 3 heterocycles. The van der Waals surface area contributed by atoms with Gasteiger partial charge in [-0.2, -0.15) is 4.31 Å². The molecule has 0 aliphatic heterocycles. The lowest BCUT2D eigenvalue weighted by atomic mass is 10.3. The van der Waals surface area contributed by atoms with Crippen molar-refractivity contribution in [2.45, 2.75) is 25.3 Å². The van der Waals surface area contributed by atoms with Crippen molar-refractivity contribution in [3.8, 4) is 10.7 Å². The van der Waals surface area contributed by atoms with Crippen LogP contribution < -0.4 is 5.56 Å². The van der Waals surface area contributed by atoms with Crippen LogP contribution in [0.4, 0.5) is 0 Å². The summed E-state index contributed by atoms with van der Waals surface area (Å²) in [4.78, 5) is 21.1. The Balaban J connectivity index is 1.90. The Hall–Kier alpha value is -2.36. The van der Waals surface area contributed by atoms with Crippen molar-refractivity contribution < 1.29 is 8.42 Å². The molecule has 7 nitrogen and oxygen atoms in total. The van der Waals surface area contributed by atoms with Crippen molar-refractivity contribution in [2.24, 2.45) is 0 Å². The van der Waals surface area contributed by atoms with E-state index in [1.807, 2.05) is 23.6 Å². The normalized spacial score (nSPS) is 11.8. The molecule has 0 saturated carbocycles. The number of rotatable bonds is 7. The number of pyridine rings is 2. The van der Waals surface area contributed by atoms with E-state index < -0.39 is 10.0 Å². The van der Waals surface area contributed by atoms with Gasteiger partial charge in [0.2, 0.25) is 10.0 Å². The van der Waals surface area contributed by atoms with Crippen LogP contribution >= 0.6 is 11.3 Å². The number of thiazole rings is 1. The molecule has 0 saturated heterocycles. The summed E-state index contributed by atoms with van der Waals surface area (Å²) in [7, 11) is -3.62. The summed E-state index contributed by atoms with van der Waals surface area (Å²) < 4.78 is 28.1. The molecule has 3 aromatic heterocycles. The highest BCUT2D eigenvalue weighted by molar-refractivity contribution is 7.89. The second-order valence-corrected chi connectivity index (χ2v) is 8.58. The Morgan fingerprint density at radius 2 is 1.93 bits per heavy atom. The summed E-state index contributed by atoms with van der Waals surface area (Å²) in [5, 5.41) is 2.60. The number of sulfonamides is 1. The first-order valence-electron chi connectivity index (χ1n) is 8.52. The molecule has 3 rings (SSSR count). The predicted molar refractivity (Wildman–Crippen MR) is 105 cm³/mol. The highest BCUT2D eigenvalue weighted by Crippen LogP contribution is 2.22. The van der Waals surface area contributed by atoms with Gasteiger partial charge >= 0.3 is 0 Å². The Kier molecular flexibility index (Phi) is 5.83.